The van der Waals surface area contributed by atoms with Gasteiger partial charge in [0, 0.05) is 18.0 Å². The number of hydrogen-bond donors (Lipinski definition) is 3. The van der Waals surface area contributed by atoms with Crippen molar-refractivity contribution in [2.75, 3.05) is 6.54 Å². The van der Waals surface area contributed by atoms with Crippen LogP contribution in [0.4, 0.5) is 0 Å². The Morgan fingerprint density at radius 3 is 2.63 bits per heavy atom. The molecule has 4 nitrogen and oxygen atoms in total. The van der Waals surface area contributed by atoms with Crippen LogP contribution in [0.3, 0.4) is 0 Å². The SMILES string of the molecule is CC1(C)C(O)CC1NCC(=O)NCc1ccccc1. The minimum Gasteiger partial charge on any atom is -0.392 e. The van der Waals surface area contributed by atoms with Gasteiger partial charge in [0.25, 0.3) is 0 Å². The van der Waals surface area contributed by atoms with Crippen LogP contribution >= 0.6 is 0 Å². The van der Waals surface area contributed by atoms with Crippen molar-refractivity contribution in [3.8, 4) is 0 Å². The van der Waals surface area contributed by atoms with Crippen LogP contribution in [0, 0.1) is 5.41 Å². The fourth-order valence-corrected chi connectivity index (χ4v) is 2.32. The quantitative estimate of drug-likeness (QED) is 0.743. The molecule has 1 fully saturated rings. The summed E-state index contributed by atoms with van der Waals surface area (Å²) in [5.41, 5.74) is 0.954. The number of benzene rings is 1. The van der Waals surface area contributed by atoms with Gasteiger partial charge in [0.15, 0.2) is 0 Å². The summed E-state index contributed by atoms with van der Waals surface area (Å²) >= 11 is 0. The lowest BCUT2D eigenvalue weighted by atomic mass is 9.64. The molecule has 0 aliphatic heterocycles. The van der Waals surface area contributed by atoms with Gasteiger partial charge in [0.1, 0.15) is 0 Å². The van der Waals surface area contributed by atoms with Crippen molar-refractivity contribution in [3.05, 3.63) is 35.9 Å². The van der Waals surface area contributed by atoms with Crippen molar-refractivity contribution in [3.63, 3.8) is 0 Å². The van der Waals surface area contributed by atoms with Crippen LogP contribution in [-0.2, 0) is 11.3 Å². The van der Waals surface area contributed by atoms with E-state index in [1.54, 1.807) is 0 Å². The fraction of sp³-hybridized carbons (Fsp3) is 0.533. The van der Waals surface area contributed by atoms with Crippen LogP contribution in [0.15, 0.2) is 30.3 Å². The number of carbonyl (C=O) groups excluding carboxylic acids is 1. The highest BCUT2D eigenvalue weighted by atomic mass is 16.3. The second-order valence-corrected chi connectivity index (χ2v) is 5.77. The Morgan fingerprint density at radius 1 is 1.37 bits per heavy atom. The van der Waals surface area contributed by atoms with E-state index < -0.39 is 0 Å². The molecule has 0 radical (unpaired) electrons. The molecule has 0 spiro atoms. The highest BCUT2D eigenvalue weighted by Gasteiger charge is 2.46. The summed E-state index contributed by atoms with van der Waals surface area (Å²) in [7, 11) is 0. The van der Waals surface area contributed by atoms with E-state index >= 15 is 0 Å². The van der Waals surface area contributed by atoms with E-state index in [2.05, 4.69) is 10.6 Å². The Labute approximate surface area is 114 Å². The number of hydrogen-bond acceptors (Lipinski definition) is 3. The van der Waals surface area contributed by atoms with Crippen LogP contribution in [0.1, 0.15) is 25.8 Å². The normalized spacial score (nSPS) is 24.6. The number of amides is 1. The molecule has 0 aromatic heterocycles. The first-order valence-corrected chi connectivity index (χ1v) is 6.72. The smallest absolute Gasteiger partial charge is 0.234 e. The molecule has 2 rings (SSSR count). The molecule has 2 unspecified atom stereocenters. The number of rotatable bonds is 5. The predicted octanol–water partition coefficient (Wildman–Crippen LogP) is 1.05. The van der Waals surface area contributed by atoms with Crippen molar-refractivity contribution in [2.45, 2.75) is 39.0 Å². The van der Waals surface area contributed by atoms with Gasteiger partial charge in [-0.2, -0.15) is 0 Å². The van der Waals surface area contributed by atoms with Crippen molar-refractivity contribution < 1.29 is 9.90 Å². The van der Waals surface area contributed by atoms with Crippen molar-refractivity contribution in [1.29, 1.82) is 0 Å². The number of aliphatic hydroxyl groups excluding tert-OH is 1. The van der Waals surface area contributed by atoms with Gasteiger partial charge in [0.05, 0.1) is 12.6 Å². The summed E-state index contributed by atoms with van der Waals surface area (Å²) in [5, 5.41) is 15.7. The molecule has 19 heavy (non-hydrogen) atoms. The van der Waals surface area contributed by atoms with Crippen molar-refractivity contribution in [2.24, 2.45) is 5.41 Å². The minimum absolute atomic E-state index is 0.0129. The number of aliphatic hydroxyl groups is 1. The van der Waals surface area contributed by atoms with Gasteiger partial charge >= 0.3 is 0 Å². The molecule has 4 heteroatoms. The van der Waals surface area contributed by atoms with E-state index in [0.717, 1.165) is 12.0 Å². The lowest BCUT2D eigenvalue weighted by Crippen LogP contribution is -2.61. The third-order valence-corrected chi connectivity index (χ3v) is 4.06. The first-order chi connectivity index (χ1) is 9.00. The molecule has 2 atom stereocenters. The third kappa shape index (κ3) is 3.33. The molecular formula is C15H22N2O2. The van der Waals surface area contributed by atoms with Gasteiger partial charge in [-0.05, 0) is 12.0 Å². The Hall–Kier alpha value is -1.39. The van der Waals surface area contributed by atoms with Crippen LogP contribution in [0.25, 0.3) is 0 Å². The minimum atomic E-state index is -0.266. The zero-order chi connectivity index (χ0) is 13.9. The average molecular weight is 262 g/mol. The molecule has 1 aromatic rings. The summed E-state index contributed by atoms with van der Waals surface area (Å²) in [4.78, 5) is 11.7. The Balaban J connectivity index is 1.68. The molecule has 1 aliphatic carbocycles. The molecule has 0 bridgehead atoms. The van der Waals surface area contributed by atoms with Gasteiger partial charge in [-0.1, -0.05) is 44.2 Å². The second-order valence-electron chi connectivity index (χ2n) is 5.77. The largest absolute Gasteiger partial charge is 0.392 e. The fourth-order valence-electron chi connectivity index (χ4n) is 2.32. The Bertz CT molecular complexity index is 431. The van der Waals surface area contributed by atoms with E-state index in [1.165, 1.54) is 0 Å². The summed E-state index contributed by atoms with van der Waals surface area (Å²) in [6, 6.07) is 10.1. The van der Waals surface area contributed by atoms with Crippen LogP contribution in [0.5, 0.6) is 0 Å². The first kappa shape index (κ1) is 14.0. The lowest BCUT2D eigenvalue weighted by Gasteiger charge is -2.49. The van der Waals surface area contributed by atoms with Gasteiger partial charge in [-0.25, -0.2) is 0 Å². The maximum Gasteiger partial charge on any atom is 0.234 e. The lowest BCUT2D eigenvalue weighted by molar-refractivity contribution is -0.122. The second kappa shape index (κ2) is 5.72. The number of nitrogens with one attached hydrogen (secondary N) is 2. The van der Waals surface area contributed by atoms with Gasteiger partial charge in [0.2, 0.25) is 5.91 Å². The summed E-state index contributed by atoms with van der Waals surface area (Å²) in [5.74, 6) is -0.0129. The molecule has 1 amide bonds. The maximum atomic E-state index is 11.7. The zero-order valence-electron chi connectivity index (χ0n) is 11.5. The van der Waals surface area contributed by atoms with Gasteiger partial charge in [-0.15, -0.1) is 0 Å². The molecule has 0 saturated heterocycles. The summed E-state index contributed by atoms with van der Waals surface area (Å²) < 4.78 is 0. The molecular weight excluding hydrogens is 240 g/mol. The molecule has 1 saturated carbocycles. The third-order valence-electron chi connectivity index (χ3n) is 4.06. The molecule has 1 aliphatic rings. The van der Waals surface area contributed by atoms with Crippen LogP contribution in [-0.4, -0.2) is 29.7 Å². The zero-order valence-corrected chi connectivity index (χ0v) is 11.5. The highest BCUT2D eigenvalue weighted by Crippen LogP contribution is 2.40. The molecule has 0 heterocycles. The Morgan fingerprint density at radius 2 is 2.05 bits per heavy atom. The monoisotopic (exact) mass is 262 g/mol. The standard InChI is InChI=1S/C15H22N2O2/c1-15(2)12(8-13(15)18)16-10-14(19)17-9-11-6-4-3-5-7-11/h3-7,12-13,16,18H,8-10H2,1-2H3,(H,17,19). The van der Waals surface area contributed by atoms with Gasteiger partial charge in [-0.3, -0.25) is 4.79 Å². The van der Waals surface area contributed by atoms with E-state index in [0.29, 0.717) is 13.1 Å². The van der Waals surface area contributed by atoms with E-state index in [1.807, 2.05) is 44.2 Å². The molecule has 1 aromatic carbocycles. The topological polar surface area (TPSA) is 61.4 Å². The predicted molar refractivity (Wildman–Crippen MR) is 74.5 cm³/mol. The van der Waals surface area contributed by atoms with E-state index in [-0.39, 0.29) is 23.5 Å². The van der Waals surface area contributed by atoms with Crippen LogP contribution in [0.2, 0.25) is 0 Å². The van der Waals surface area contributed by atoms with E-state index in [9.17, 15) is 9.90 Å². The maximum absolute atomic E-state index is 11.7. The summed E-state index contributed by atoms with van der Waals surface area (Å²) in [6.07, 6.45) is 0.455. The summed E-state index contributed by atoms with van der Waals surface area (Å²) in [6.45, 7) is 4.88. The average Bonchev–Trinajstić information content (AvgIpc) is 2.42. The Kier molecular flexibility index (Phi) is 4.22. The van der Waals surface area contributed by atoms with Crippen molar-refractivity contribution >= 4 is 5.91 Å². The molecule has 104 valence electrons. The van der Waals surface area contributed by atoms with Crippen LogP contribution < -0.4 is 10.6 Å². The molecule has 3 N–H and O–H groups in total. The van der Waals surface area contributed by atoms with Gasteiger partial charge < -0.3 is 15.7 Å². The van der Waals surface area contributed by atoms with E-state index in [4.69, 9.17) is 0 Å². The number of carbonyl (C=O) groups is 1. The van der Waals surface area contributed by atoms with Crippen molar-refractivity contribution in [1.82, 2.24) is 10.6 Å². The highest BCUT2D eigenvalue weighted by molar-refractivity contribution is 5.78. The first-order valence-electron chi connectivity index (χ1n) is 6.72.